The molecular weight excluding hydrogens is 460 g/mol. The second-order valence-corrected chi connectivity index (χ2v) is 12.2. The minimum atomic E-state index is -0.407. The van der Waals surface area contributed by atoms with E-state index in [0.717, 1.165) is 36.2 Å². The number of anilines is 1. The normalized spacial score (nSPS) is 16.4. The highest BCUT2D eigenvalue weighted by atomic mass is 32.2. The lowest BCUT2D eigenvalue weighted by molar-refractivity contribution is -0.115. The Bertz CT molecular complexity index is 1230. The van der Waals surface area contributed by atoms with Gasteiger partial charge in [-0.2, -0.15) is 5.26 Å². The van der Waals surface area contributed by atoms with Crippen molar-refractivity contribution in [2.45, 2.75) is 64.2 Å². The third-order valence-corrected chi connectivity index (χ3v) is 8.30. The summed E-state index contributed by atoms with van der Waals surface area (Å²) in [5.41, 5.74) is 6.09. The Labute approximate surface area is 210 Å². The van der Waals surface area contributed by atoms with Crippen LogP contribution in [-0.2, 0) is 17.6 Å². The molecule has 0 bridgehead atoms. The van der Waals surface area contributed by atoms with E-state index in [0.29, 0.717) is 21.6 Å². The number of rotatable bonds is 5. The van der Waals surface area contributed by atoms with Crippen LogP contribution >= 0.6 is 23.1 Å². The maximum absolute atomic E-state index is 12.9. The van der Waals surface area contributed by atoms with E-state index < -0.39 is 5.25 Å². The third kappa shape index (κ3) is 5.51. The summed E-state index contributed by atoms with van der Waals surface area (Å²) < 4.78 is 0. The number of benzene rings is 1. The second-order valence-electron chi connectivity index (χ2n) is 10.0. The number of nitrogens with zero attached hydrogens (tertiary/aromatic N) is 3. The topological polar surface area (TPSA) is 78.7 Å². The summed E-state index contributed by atoms with van der Waals surface area (Å²) in [5.74, 6) is 0.436. The fourth-order valence-electron chi connectivity index (χ4n) is 4.17. The lowest BCUT2D eigenvalue weighted by atomic mass is 9.71. The fourth-order valence-corrected chi connectivity index (χ4v) is 5.79. The van der Waals surface area contributed by atoms with Crippen LogP contribution in [0.4, 0.5) is 5.13 Å². The molecule has 4 rings (SSSR count). The molecule has 0 spiro atoms. The van der Waals surface area contributed by atoms with E-state index in [2.05, 4.69) is 37.1 Å². The number of hydrogen-bond donors (Lipinski definition) is 1. The van der Waals surface area contributed by atoms with Crippen LogP contribution in [0.2, 0.25) is 0 Å². The molecule has 1 amide bonds. The molecule has 3 aromatic rings. The first kappa shape index (κ1) is 24.4. The number of nitrogens with one attached hydrogen (secondary N) is 1. The number of pyridine rings is 1. The minimum absolute atomic E-state index is 0.147. The van der Waals surface area contributed by atoms with Crippen LogP contribution in [0.25, 0.3) is 11.3 Å². The first-order valence-corrected chi connectivity index (χ1v) is 13.3. The van der Waals surface area contributed by atoms with Gasteiger partial charge in [-0.05, 0) is 56.1 Å². The van der Waals surface area contributed by atoms with Crippen molar-refractivity contribution in [1.29, 1.82) is 5.26 Å². The lowest BCUT2D eigenvalue weighted by Crippen LogP contribution is -2.27. The molecule has 2 atom stereocenters. The average molecular weight is 491 g/mol. The maximum atomic E-state index is 12.9. The number of carbonyl (C=O) groups excluding carboxylic acids is 1. The smallest absolute Gasteiger partial charge is 0.239 e. The van der Waals surface area contributed by atoms with Crippen LogP contribution in [0.1, 0.15) is 56.5 Å². The highest BCUT2D eigenvalue weighted by Crippen LogP contribution is 2.38. The molecule has 34 heavy (non-hydrogen) atoms. The van der Waals surface area contributed by atoms with E-state index in [1.54, 1.807) is 0 Å². The van der Waals surface area contributed by atoms with E-state index in [9.17, 15) is 10.1 Å². The molecule has 1 N–H and O–H groups in total. The molecule has 2 heterocycles. The van der Waals surface area contributed by atoms with Crippen molar-refractivity contribution in [2.75, 3.05) is 5.32 Å². The van der Waals surface area contributed by atoms with Crippen LogP contribution < -0.4 is 5.32 Å². The van der Waals surface area contributed by atoms with Crippen molar-refractivity contribution in [3.63, 3.8) is 0 Å². The van der Waals surface area contributed by atoms with Crippen LogP contribution in [0.3, 0.4) is 0 Å². The number of thioether (sulfide) groups is 1. The number of carbonyl (C=O) groups is 1. The monoisotopic (exact) mass is 490 g/mol. The van der Waals surface area contributed by atoms with Gasteiger partial charge in [-0.3, -0.25) is 4.79 Å². The van der Waals surface area contributed by atoms with Crippen LogP contribution in [0, 0.1) is 29.6 Å². The zero-order valence-corrected chi connectivity index (χ0v) is 21.9. The predicted molar refractivity (Wildman–Crippen MR) is 140 cm³/mol. The molecule has 1 aliphatic carbocycles. The fraction of sp³-hybridized carbons (Fsp3) is 0.407. The first-order valence-electron chi connectivity index (χ1n) is 11.6. The Morgan fingerprint density at radius 2 is 2.00 bits per heavy atom. The molecule has 2 unspecified atom stereocenters. The second kappa shape index (κ2) is 9.89. The van der Waals surface area contributed by atoms with Crippen LogP contribution in [0.15, 0.2) is 40.7 Å². The molecule has 2 aromatic heterocycles. The molecule has 5 nitrogen and oxygen atoms in total. The van der Waals surface area contributed by atoms with E-state index in [1.165, 1.54) is 34.2 Å². The molecular formula is C27H30N4OS2. The molecule has 0 radical (unpaired) electrons. The molecule has 0 saturated carbocycles. The quantitative estimate of drug-likeness (QED) is 0.405. The van der Waals surface area contributed by atoms with Gasteiger partial charge in [0.15, 0.2) is 5.13 Å². The number of thiazole rings is 1. The van der Waals surface area contributed by atoms with E-state index in [4.69, 9.17) is 4.98 Å². The van der Waals surface area contributed by atoms with Crippen molar-refractivity contribution >= 4 is 34.1 Å². The molecule has 0 aliphatic heterocycles. The van der Waals surface area contributed by atoms with Crippen molar-refractivity contribution in [1.82, 2.24) is 9.97 Å². The van der Waals surface area contributed by atoms with Gasteiger partial charge in [0.2, 0.25) is 5.91 Å². The summed E-state index contributed by atoms with van der Waals surface area (Å²) in [6, 6.07) is 12.4. The Morgan fingerprint density at radius 3 is 2.68 bits per heavy atom. The van der Waals surface area contributed by atoms with Crippen LogP contribution in [-0.4, -0.2) is 21.1 Å². The van der Waals surface area contributed by atoms with Crippen molar-refractivity contribution in [3.05, 3.63) is 58.1 Å². The number of fused-ring (bicyclic) bond motifs is 1. The Kier molecular flexibility index (Phi) is 7.11. The third-order valence-electron chi connectivity index (χ3n) is 6.44. The molecule has 1 aromatic carbocycles. The maximum Gasteiger partial charge on any atom is 0.239 e. The summed E-state index contributed by atoms with van der Waals surface area (Å²) in [6.45, 7) is 10.7. The summed E-state index contributed by atoms with van der Waals surface area (Å²) in [5, 5.41) is 15.4. The number of amides is 1. The van der Waals surface area contributed by atoms with Crippen molar-refractivity contribution < 1.29 is 4.79 Å². The number of hydrogen-bond acceptors (Lipinski definition) is 6. The van der Waals surface area contributed by atoms with Gasteiger partial charge in [-0.1, -0.05) is 62.4 Å². The SMILES string of the molecule is Cc1ccc(-c2csc(NC(=O)C(C)Sc3nc4c(cc3C#N)CC(C(C)(C)C)CC4)n2)cc1. The summed E-state index contributed by atoms with van der Waals surface area (Å²) in [4.78, 5) is 22.3. The Balaban J connectivity index is 1.44. The van der Waals surface area contributed by atoms with Gasteiger partial charge in [0, 0.05) is 16.6 Å². The first-order chi connectivity index (χ1) is 16.1. The molecule has 0 fully saturated rings. The van der Waals surface area contributed by atoms with Gasteiger partial charge < -0.3 is 5.32 Å². The standard InChI is InChI=1S/C27H30N4OS2/c1-16-6-8-18(9-7-16)23-15-33-26(30-23)31-24(32)17(2)34-25-20(14-28)12-19-13-21(27(3,4)5)10-11-22(19)29-25/h6-9,12,15,17,21H,10-11,13H2,1-5H3,(H,30,31,32). The van der Waals surface area contributed by atoms with Gasteiger partial charge in [-0.25, -0.2) is 9.97 Å². The van der Waals surface area contributed by atoms with E-state index >= 15 is 0 Å². The van der Waals surface area contributed by atoms with E-state index in [1.807, 2.05) is 49.6 Å². The lowest BCUT2D eigenvalue weighted by Gasteiger charge is -2.34. The van der Waals surface area contributed by atoms with Crippen molar-refractivity contribution in [3.8, 4) is 17.3 Å². The summed E-state index contributed by atoms with van der Waals surface area (Å²) in [6.07, 6.45) is 2.97. The molecule has 0 saturated heterocycles. The summed E-state index contributed by atoms with van der Waals surface area (Å²) >= 11 is 2.75. The van der Waals surface area contributed by atoms with Gasteiger partial charge >= 0.3 is 0 Å². The van der Waals surface area contributed by atoms with Gasteiger partial charge in [0.25, 0.3) is 0 Å². The highest BCUT2D eigenvalue weighted by molar-refractivity contribution is 8.00. The molecule has 7 heteroatoms. The molecule has 1 aliphatic rings. The van der Waals surface area contributed by atoms with Crippen molar-refractivity contribution in [2.24, 2.45) is 11.3 Å². The predicted octanol–water partition coefficient (Wildman–Crippen LogP) is 6.66. The summed E-state index contributed by atoms with van der Waals surface area (Å²) in [7, 11) is 0. The highest BCUT2D eigenvalue weighted by Gasteiger charge is 2.30. The largest absolute Gasteiger partial charge is 0.301 e. The average Bonchev–Trinajstić information content (AvgIpc) is 3.26. The molecule has 176 valence electrons. The van der Waals surface area contributed by atoms with E-state index in [-0.39, 0.29) is 11.3 Å². The van der Waals surface area contributed by atoms with Gasteiger partial charge in [0.1, 0.15) is 11.1 Å². The van der Waals surface area contributed by atoms with Gasteiger partial charge in [-0.15, -0.1) is 11.3 Å². The Hall–Kier alpha value is -2.69. The number of nitriles is 1. The number of aryl methyl sites for hydroxylation is 2. The minimum Gasteiger partial charge on any atom is -0.301 e. The van der Waals surface area contributed by atoms with Gasteiger partial charge in [0.05, 0.1) is 16.5 Å². The zero-order chi connectivity index (χ0) is 24.5. The van der Waals surface area contributed by atoms with Crippen LogP contribution in [0.5, 0.6) is 0 Å². The Morgan fingerprint density at radius 1 is 1.26 bits per heavy atom. The zero-order valence-electron chi connectivity index (χ0n) is 20.3. The number of aromatic nitrogens is 2.